The predicted molar refractivity (Wildman–Crippen MR) is 89.0 cm³/mol. The molecular weight excluding hydrogens is 280 g/mol. The van der Waals surface area contributed by atoms with Crippen molar-refractivity contribution in [3.05, 3.63) is 44.9 Å². The summed E-state index contributed by atoms with van der Waals surface area (Å²) in [6, 6.07) is 6.24. The van der Waals surface area contributed by atoms with Crippen LogP contribution in [0.2, 0.25) is 0 Å². The van der Waals surface area contributed by atoms with Crippen molar-refractivity contribution in [2.45, 2.75) is 53.2 Å². The third kappa shape index (κ3) is 4.05. The SMILES string of the molecule is Cc1cc(C)cc(OCc2nc(C(C)(C)C)c(CN)s2)c1. The number of nitrogens with two attached hydrogens (primary N) is 1. The van der Waals surface area contributed by atoms with Gasteiger partial charge in [0.15, 0.2) is 0 Å². The molecule has 1 aromatic carbocycles. The second kappa shape index (κ2) is 6.16. The lowest BCUT2D eigenvalue weighted by Gasteiger charge is -2.16. The third-order valence-corrected chi connectivity index (χ3v) is 4.25. The smallest absolute Gasteiger partial charge is 0.140 e. The van der Waals surface area contributed by atoms with Crippen LogP contribution in [0.15, 0.2) is 18.2 Å². The molecule has 114 valence electrons. The van der Waals surface area contributed by atoms with Gasteiger partial charge in [0.05, 0.1) is 5.69 Å². The Morgan fingerprint density at radius 1 is 1.14 bits per heavy atom. The molecule has 0 bridgehead atoms. The maximum atomic E-state index is 5.89. The Bertz CT molecular complexity index is 606. The molecule has 2 aromatic rings. The van der Waals surface area contributed by atoms with Crippen LogP contribution in [0.25, 0.3) is 0 Å². The van der Waals surface area contributed by atoms with Gasteiger partial charge < -0.3 is 10.5 Å². The maximum Gasteiger partial charge on any atom is 0.140 e. The fourth-order valence-electron chi connectivity index (χ4n) is 2.35. The van der Waals surface area contributed by atoms with Crippen LogP contribution in [-0.4, -0.2) is 4.98 Å². The van der Waals surface area contributed by atoms with Gasteiger partial charge >= 0.3 is 0 Å². The number of benzene rings is 1. The summed E-state index contributed by atoms with van der Waals surface area (Å²) in [6.45, 7) is 11.7. The van der Waals surface area contributed by atoms with E-state index in [1.165, 1.54) is 11.1 Å². The van der Waals surface area contributed by atoms with Gasteiger partial charge in [0.25, 0.3) is 0 Å². The monoisotopic (exact) mass is 304 g/mol. The zero-order chi connectivity index (χ0) is 15.6. The molecule has 0 aliphatic heterocycles. The second-order valence-electron chi connectivity index (χ2n) is 6.45. The summed E-state index contributed by atoms with van der Waals surface area (Å²) in [5.41, 5.74) is 9.37. The average Bonchev–Trinajstić information content (AvgIpc) is 2.78. The van der Waals surface area contributed by atoms with E-state index in [-0.39, 0.29) is 5.41 Å². The van der Waals surface area contributed by atoms with Crippen molar-refractivity contribution in [2.75, 3.05) is 0 Å². The van der Waals surface area contributed by atoms with E-state index in [2.05, 4.69) is 52.8 Å². The van der Waals surface area contributed by atoms with E-state index in [4.69, 9.17) is 15.5 Å². The highest BCUT2D eigenvalue weighted by Gasteiger charge is 2.22. The highest BCUT2D eigenvalue weighted by Crippen LogP contribution is 2.30. The first-order valence-corrected chi connectivity index (χ1v) is 8.01. The standard InChI is InChI=1S/C17H24N2OS/c1-11-6-12(2)8-13(7-11)20-10-15-19-16(17(3,4)5)14(9-18)21-15/h6-8H,9-10,18H2,1-5H3. The topological polar surface area (TPSA) is 48.1 Å². The number of ether oxygens (including phenoxy) is 1. The molecule has 3 nitrogen and oxygen atoms in total. The lowest BCUT2D eigenvalue weighted by atomic mass is 9.91. The van der Waals surface area contributed by atoms with Crippen LogP contribution in [0.1, 0.15) is 47.5 Å². The van der Waals surface area contributed by atoms with Crippen molar-refractivity contribution in [1.82, 2.24) is 4.98 Å². The lowest BCUT2D eigenvalue weighted by Crippen LogP contribution is -2.15. The number of hydrogen-bond donors (Lipinski definition) is 1. The zero-order valence-corrected chi connectivity index (χ0v) is 14.3. The molecule has 1 heterocycles. The van der Waals surface area contributed by atoms with E-state index in [1.807, 2.05) is 0 Å². The molecule has 1 aromatic heterocycles. The first-order valence-electron chi connectivity index (χ1n) is 7.20. The molecule has 0 spiro atoms. The zero-order valence-electron chi connectivity index (χ0n) is 13.5. The Hall–Kier alpha value is -1.39. The van der Waals surface area contributed by atoms with Gasteiger partial charge in [0.1, 0.15) is 17.4 Å². The van der Waals surface area contributed by atoms with Crippen molar-refractivity contribution in [2.24, 2.45) is 5.73 Å². The molecule has 0 unspecified atom stereocenters. The summed E-state index contributed by atoms with van der Waals surface area (Å²) in [4.78, 5) is 5.88. The fraction of sp³-hybridized carbons (Fsp3) is 0.471. The predicted octanol–water partition coefficient (Wildman–Crippen LogP) is 4.10. The van der Waals surface area contributed by atoms with Crippen molar-refractivity contribution in [3.8, 4) is 5.75 Å². The van der Waals surface area contributed by atoms with Crippen LogP contribution < -0.4 is 10.5 Å². The molecule has 0 radical (unpaired) electrons. The molecular formula is C17H24N2OS. The molecule has 0 aliphatic carbocycles. The Labute approximate surface area is 131 Å². The highest BCUT2D eigenvalue weighted by molar-refractivity contribution is 7.11. The van der Waals surface area contributed by atoms with Gasteiger partial charge in [-0.05, 0) is 37.1 Å². The molecule has 0 atom stereocenters. The number of aromatic nitrogens is 1. The molecule has 0 saturated carbocycles. The number of hydrogen-bond acceptors (Lipinski definition) is 4. The van der Waals surface area contributed by atoms with E-state index in [0.29, 0.717) is 13.2 Å². The van der Waals surface area contributed by atoms with Crippen LogP contribution >= 0.6 is 11.3 Å². The van der Waals surface area contributed by atoms with E-state index in [0.717, 1.165) is 21.3 Å². The lowest BCUT2D eigenvalue weighted by molar-refractivity contribution is 0.304. The third-order valence-electron chi connectivity index (χ3n) is 3.19. The van der Waals surface area contributed by atoms with Gasteiger partial charge in [-0.25, -0.2) is 4.98 Å². The summed E-state index contributed by atoms with van der Waals surface area (Å²) in [5, 5.41) is 0.986. The summed E-state index contributed by atoms with van der Waals surface area (Å²) in [7, 11) is 0. The van der Waals surface area contributed by atoms with E-state index < -0.39 is 0 Å². The summed E-state index contributed by atoms with van der Waals surface area (Å²) >= 11 is 1.65. The van der Waals surface area contributed by atoms with Gasteiger partial charge in [0, 0.05) is 16.8 Å². The van der Waals surface area contributed by atoms with E-state index >= 15 is 0 Å². The first kappa shape index (κ1) is 16.0. The molecule has 4 heteroatoms. The Kier molecular flexibility index (Phi) is 4.69. The molecule has 0 amide bonds. The van der Waals surface area contributed by atoms with Crippen LogP contribution in [0.5, 0.6) is 5.75 Å². The molecule has 2 rings (SSSR count). The van der Waals surface area contributed by atoms with Crippen LogP contribution in [-0.2, 0) is 18.6 Å². The summed E-state index contributed by atoms with van der Waals surface area (Å²) < 4.78 is 5.89. The first-order chi connectivity index (χ1) is 9.79. The van der Waals surface area contributed by atoms with Crippen molar-refractivity contribution >= 4 is 11.3 Å². The summed E-state index contributed by atoms with van der Waals surface area (Å²) in [6.07, 6.45) is 0. The van der Waals surface area contributed by atoms with Gasteiger partial charge in [-0.1, -0.05) is 26.8 Å². The van der Waals surface area contributed by atoms with Crippen molar-refractivity contribution in [1.29, 1.82) is 0 Å². The second-order valence-corrected chi connectivity index (χ2v) is 7.61. The Morgan fingerprint density at radius 3 is 2.24 bits per heavy atom. The van der Waals surface area contributed by atoms with Crippen molar-refractivity contribution < 1.29 is 4.74 Å². The number of thiazole rings is 1. The van der Waals surface area contributed by atoms with Gasteiger partial charge in [-0.2, -0.15) is 0 Å². The Balaban J connectivity index is 2.15. The van der Waals surface area contributed by atoms with Gasteiger partial charge in [-0.3, -0.25) is 0 Å². The maximum absolute atomic E-state index is 5.89. The minimum absolute atomic E-state index is 0.0172. The average molecular weight is 304 g/mol. The fourth-order valence-corrected chi connectivity index (χ4v) is 3.42. The number of nitrogens with zero attached hydrogens (tertiary/aromatic N) is 1. The number of aryl methyl sites for hydroxylation is 2. The normalized spacial score (nSPS) is 11.7. The van der Waals surface area contributed by atoms with E-state index in [1.54, 1.807) is 11.3 Å². The minimum atomic E-state index is 0.0172. The molecule has 0 saturated heterocycles. The quantitative estimate of drug-likeness (QED) is 0.925. The highest BCUT2D eigenvalue weighted by atomic mass is 32.1. The largest absolute Gasteiger partial charge is 0.486 e. The summed E-state index contributed by atoms with van der Waals surface area (Å²) in [5.74, 6) is 0.898. The molecule has 0 fully saturated rings. The van der Waals surface area contributed by atoms with Crippen LogP contribution in [0, 0.1) is 13.8 Å². The van der Waals surface area contributed by atoms with Crippen LogP contribution in [0.3, 0.4) is 0 Å². The molecule has 21 heavy (non-hydrogen) atoms. The van der Waals surface area contributed by atoms with Crippen LogP contribution in [0.4, 0.5) is 0 Å². The Morgan fingerprint density at radius 2 is 1.76 bits per heavy atom. The minimum Gasteiger partial charge on any atom is -0.486 e. The van der Waals surface area contributed by atoms with Gasteiger partial charge in [-0.15, -0.1) is 11.3 Å². The number of rotatable bonds is 4. The molecule has 2 N–H and O–H groups in total. The van der Waals surface area contributed by atoms with E-state index in [9.17, 15) is 0 Å². The molecule has 0 aliphatic rings. The van der Waals surface area contributed by atoms with Crippen molar-refractivity contribution in [3.63, 3.8) is 0 Å². The van der Waals surface area contributed by atoms with Gasteiger partial charge in [0.2, 0.25) is 0 Å².